The molecule has 0 aromatic rings. The van der Waals surface area contributed by atoms with Crippen LogP contribution in [0.2, 0.25) is 0 Å². The monoisotopic (exact) mass is 250 g/mol. The molecule has 0 fully saturated rings. The van der Waals surface area contributed by atoms with Gasteiger partial charge in [-0.25, -0.2) is 0 Å². The van der Waals surface area contributed by atoms with E-state index in [4.69, 9.17) is 4.74 Å². The molecule has 0 amide bonds. The van der Waals surface area contributed by atoms with Gasteiger partial charge in [-0.1, -0.05) is 28.1 Å². The SMILES string of the molecule is CCOC(=O)CC[C@H](O)/C=C/CBr. The third-order valence-corrected chi connectivity index (χ3v) is 1.77. The van der Waals surface area contributed by atoms with Crippen LogP contribution in [0.4, 0.5) is 0 Å². The molecule has 76 valence electrons. The summed E-state index contributed by atoms with van der Waals surface area (Å²) in [5.41, 5.74) is 0. The molecule has 0 spiro atoms. The van der Waals surface area contributed by atoms with E-state index in [1.54, 1.807) is 19.1 Å². The Morgan fingerprint density at radius 1 is 1.69 bits per heavy atom. The minimum atomic E-state index is -0.554. The lowest BCUT2D eigenvalue weighted by molar-refractivity contribution is -0.143. The summed E-state index contributed by atoms with van der Waals surface area (Å²) in [6.45, 7) is 2.16. The smallest absolute Gasteiger partial charge is 0.305 e. The predicted molar refractivity (Wildman–Crippen MR) is 54.8 cm³/mol. The van der Waals surface area contributed by atoms with Crippen LogP contribution < -0.4 is 0 Å². The van der Waals surface area contributed by atoms with Crippen LogP contribution >= 0.6 is 15.9 Å². The lowest BCUT2D eigenvalue weighted by Crippen LogP contribution is -2.09. The summed E-state index contributed by atoms with van der Waals surface area (Å²) in [5, 5.41) is 9.99. The van der Waals surface area contributed by atoms with Crippen LogP contribution in [0.25, 0.3) is 0 Å². The number of ether oxygens (including phenoxy) is 1. The van der Waals surface area contributed by atoms with Gasteiger partial charge >= 0.3 is 5.97 Å². The molecule has 0 heterocycles. The average molecular weight is 251 g/mol. The number of carbonyl (C=O) groups excluding carboxylic acids is 1. The van der Waals surface area contributed by atoms with Crippen molar-refractivity contribution in [3.8, 4) is 0 Å². The summed E-state index contributed by atoms with van der Waals surface area (Å²) < 4.78 is 4.71. The Bertz CT molecular complexity index is 168. The minimum absolute atomic E-state index is 0.256. The second kappa shape index (κ2) is 8.26. The standard InChI is InChI=1S/C9H15BrO3/c1-2-13-9(12)6-5-8(11)4-3-7-10/h3-4,8,11H,2,5-7H2,1H3/b4-3+/t8-/m1/s1. The number of halogens is 1. The highest BCUT2D eigenvalue weighted by Gasteiger charge is 2.05. The van der Waals surface area contributed by atoms with Gasteiger partial charge in [-0.05, 0) is 13.3 Å². The molecule has 0 aliphatic rings. The number of allylic oxidation sites excluding steroid dienone is 1. The normalized spacial score (nSPS) is 13.2. The van der Waals surface area contributed by atoms with Crippen molar-refractivity contribution in [3.05, 3.63) is 12.2 Å². The first-order chi connectivity index (χ1) is 6.20. The Labute approximate surface area is 86.9 Å². The maximum absolute atomic E-state index is 10.9. The second-order valence-electron chi connectivity index (χ2n) is 2.49. The Kier molecular flexibility index (Phi) is 8.04. The quantitative estimate of drug-likeness (QED) is 0.443. The van der Waals surface area contributed by atoms with E-state index >= 15 is 0 Å². The van der Waals surface area contributed by atoms with Crippen molar-refractivity contribution >= 4 is 21.9 Å². The van der Waals surface area contributed by atoms with Crippen LogP contribution in [0.15, 0.2) is 12.2 Å². The maximum Gasteiger partial charge on any atom is 0.305 e. The van der Waals surface area contributed by atoms with Crippen molar-refractivity contribution in [2.45, 2.75) is 25.9 Å². The molecule has 1 N–H and O–H groups in total. The Balaban J connectivity index is 3.51. The first kappa shape index (κ1) is 12.7. The van der Waals surface area contributed by atoms with E-state index in [1.807, 2.05) is 0 Å². The van der Waals surface area contributed by atoms with E-state index in [0.29, 0.717) is 18.4 Å². The van der Waals surface area contributed by atoms with E-state index in [9.17, 15) is 9.90 Å². The van der Waals surface area contributed by atoms with Crippen molar-refractivity contribution in [1.82, 2.24) is 0 Å². The van der Waals surface area contributed by atoms with E-state index in [0.717, 1.165) is 0 Å². The number of alkyl halides is 1. The molecule has 0 aliphatic heterocycles. The van der Waals surface area contributed by atoms with Crippen molar-refractivity contribution in [3.63, 3.8) is 0 Å². The molecular formula is C9H15BrO3. The summed E-state index contributed by atoms with van der Waals surface area (Å²) in [4.78, 5) is 10.9. The second-order valence-corrected chi connectivity index (χ2v) is 3.14. The molecule has 0 saturated carbocycles. The van der Waals surface area contributed by atoms with Crippen LogP contribution in [0, 0.1) is 0 Å². The van der Waals surface area contributed by atoms with Gasteiger partial charge < -0.3 is 9.84 Å². The lowest BCUT2D eigenvalue weighted by Gasteiger charge is -2.04. The number of aliphatic hydroxyl groups excluding tert-OH is 1. The molecule has 0 bridgehead atoms. The number of rotatable bonds is 6. The highest BCUT2D eigenvalue weighted by atomic mass is 79.9. The third-order valence-electron chi connectivity index (χ3n) is 1.40. The molecule has 0 rings (SSSR count). The Morgan fingerprint density at radius 2 is 2.38 bits per heavy atom. The third kappa shape index (κ3) is 7.99. The predicted octanol–water partition coefficient (Wildman–Crippen LogP) is 1.64. The highest BCUT2D eigenvalue weighted by molar-refractivity contribution is 9.09. The first-order valence-electron chi connectivity index (χ1n) is 4.27. The zero-order valence-corrected chi connectivity index (χ0v) is 9.29. The Morgan fingerprint density at radius 3 is 2.92 bits per heavy atom. The van der Waals surface area contributed by atoms with Crippen molar-refractivity contribution < 1.29 is 14.6 Å². The molecule has 0 aromatic heterocycles. The summed E-state index contributed by atoms with van der Waals surface area (Å²) in [7, 11) is 0. The van der Waals surface area contributed by atoms with Crippen LogP contribution in [0.5, 0.6) is 0 Å². The van der Waals surface area contributed by atoms with Gasteiger partial charge in [-0.15, -0.1) is 0 Å². The number of hydrogen-bond acceptors (Lipinski definition) is 3. The van der Waals surface area contributed by atoms with Gasteiger partial charge in [-0.2, -0.15) is 0 Å². The van der Waals surface area contributed by atoms with Crippen LogP contribution in [-0.4, -0.2) is 29.1 Å². The zero-order valence-electron chi connectivity index (χ0n) is 7.70. The number of hydrogen-bond donors (Lipinski definition) is 1. The molecular weight excluding hydrogens is 236 g/mol. The van der Waals surface area contributed by atoms with E-state index < -0.39 is 6.10 Å². The summed E-state index contributed by atoms with van der Waals surface area (Å²) in [6.07, 6.45) is 3.59. The molecule has 4 heteroatoms. The molecule has 1 atom stereocenters. The lowest BCUT2D eigenvalue weighted by atomic mass is 10.2. The highest BCUT2D eigenvalue weighted by Crippen LogP contribution is 2.00. The van der Waals surface area contributed by atoms with Crippen LogP contribution in [0.1, 0.15) is 19.8 Å². The molecule has 0 aromatic carbocycles. The zero-order chi connectivity index (χ0) is 10.1. The average Bonchev–Trinajstić information content (AvgIpc) is 2.12. The fourth-order valence-electron chi connectivity index (χ4n) is 0.804. The van der Waals surface area contributed by atoms with Crippen molar-refractivity contribution in [2.75, 3.05) is 11.9 Å². The van der Waals surface area contributed by atoms with Gasteiger partial charge in [0, 0.05) is 11.8 Å². The maximum atomic E-state index is 10.9. The van der Waals surface area contributed by atoms with Gasteiger partial charge in [0.25, 0.3) is 0 Å². The topological polar surface area (TPSA) is 46.5 Å². The van der Waals surface area contributed by atoms with E-state index in [1.165, 1.54) is 0 Å². The number of aliphatic hydroxyl groups is 1. The molecule has 0 aliphatic carbocycles. The van der Waals surface area contributed by atoms with Crippen LogP contribution in [0.3, 0.4) is 0 Å². The first-order valence-corrected chi connectivity index (χ1v) is 5.39. The van der Waals surface area contributed by atoms with Gasteiger partial charge in [0.05, 0.1) is 12.7 Å². The molecule has 0 saturated heterocycles. The van der Waals surface area contributed by atoms with Gasteiger partial charge in [0.1, 0.15) is 0 Å². The fourth-order valence-corrected chi connectivity index (χ4v) is 1.02. The van der Waals surface area contributed by atoms with Crippen molar-refractivity contribution in [1.29, 1.82) is 0 Å². The fraction of sp³-hybridized carbons (Fsp3) is 0.667. The van der Waals surface area contributed by atoms with Crippen LogP contribution in [-0.2, 0) is 9.53 Å². The number of esters is 1. The van der Waals surface area contributed by atoms with Gasteiger partial charge in [0.15, 0.2) is 0 Å². The summed E-state index contributed by atoms with van der Waals surface area (Å²) in [5.74, 6) is -0.256. The van der Waals surface area contributed by atoms with Crippen molar-refractivity contribution in [2.24, 2.45) is 0 Å². The molecule has 0 unspecified atom stereocenters. The Hall–Kier alpha value is -0.350. The summed E-state index contributed by atoms with van der Waals surface area (Å²) in [6, 6.07) is 0. The largest absolute Gasteiger partial charge is 0.466 e. The van der Waals surface area contributed by atoms with Gasteiger partial charge in [-0.3, -0.25) is 4.79 Å². The van der Waals surface area contributed by atoms with Gasteiger partial charge in [0.2, 0.25) is 0 Å². The molecule has 0 radical (unpaired) electrons. The number of carbonyl (C=O) groups is 1. The van der Waals surface area contributed by atoms with E-state index in [-0.39, 0.29) is 12.4 Å². The van der Waals surface area contributed by atoms with E-state index in [2.05, 4.69) is 15.9 Å². The molecule has 3 nitrogen and oxygen atoms in total. The molecule has 13 heavy (non-hydrogen) atoms. The summed E-state index contributed by atoms with van der Waals surface area (Å²) >= 11 is 3.19. The minimum Gasteiger partial charge on any atom is -0.466 e.